The highest BCUT2D eigenvalue weighted by atomic mass is 79.9. The molecule has 0 spiro atoms. The molecule has 1 aromatic heterocycles. The molecule has 1 aromatic carbocycles. The Balaban J connectivity index is 2.40. The molecule has 0 atom stereocenters. The maximum Gasteiger partial charge on any atom is 0.241 e. The van der Waals surface area contributed by atoms with Crippen molar-refractivity contribution in [2.45, 2.75) is 26.8 Å². The number of benzene rings is 1. The van der Waals surface area contributed by atoms with Crippen molar-refractivity contribution in [3.05, 3.63) is 26.8 Å². The van der Waals surface area contributed by atoms with Crippen LogP contribution in [0.1, 0.15) is 19.0 Å². The molecule has 2 N–H and O–H groups in total. The first-order valence-corrected chi connectivity index (χ1v) is 8.10. The van der Waals surface area contributed by atoms with Gasteiger partial charge in [-0.05, 0) is 57.3 Å². The van der Waals surface area contributed by atoms with E-state index in [9.17, 15) is 0 Å². The van der Waals surface area contributed by atoms with Crippen LogP contribution in [0.25, 0.3) is 0 Å². The van der Waals surface area contributed by atoms with E-state index in [4.69, 9.17) is 15.2 Å². The number of nitrogens with zero attached hydrogens (tertiary/aromatic N) is 2. The minimum atomic E-state index is 0.558. The van der Waals surface area contributed by atoms with Gasteiger partial charge in [-0.15, -0.1) is 0 Å². The predicted octanol–water partition coefficient (Wildman–Crippen LogP) is 4.51. The lowest BCUT2D eigenvalue weighted by atomic mass is 10.3. The molecule has 7 heteroatoms. The van der Waals surface area contributed by atoms with E-state index in [2.05, 4.69) is 43.9 Å². The lowest BCUT2D eigenvalue weighted by Gasteiger charge is -2.12. The molecule has 114 valence electrons. The number of ether oxygens (including phenoxy) is 2. The van der Waals surface area contributed by atoms with E-state index in [1.165, 1.54) is 0 Å². The molecule has 0 aliphatic rings. The molecule has 5 nitrogen and oxygen atoms in total. The highest BCUT2D eigenvalue weighted by Crippen LogP contribution is 2.39. The Morgan fingerprint density at radius 2 is 1.86 bits per heavy atom. The molecule has 0 aliphatic heterocycles. The number of rotatable bonds is 5. The van der Waals surface area contributed by atoms with Gasteiger partial charge >= 0.3 is 0 Å². The number of halogens is 2. The van der Waals surface area contributed by atoms with Gasteiger partial charge in [-0.2, -0.15) is 5.10 Å². The summed E-state index contributed by atoms with van der Waals surface area (Å²) in [6.07, 6.45) is 0.949. The molecular weight excluding hydrogens is 402 g/mol. The molecule has 0 saturated carbocycles. The second-order valence-corrected chi connectivity index (χ2v) is 6.26. The second kappa shape index (κ2) is 6.70. The first-order valence-electron chi connectivity index (χ1n) is 6.51. The van der Waals surface area contributed by atoms with Crippen LogP contribution in [-0.4, -0.2) is 16.9 Å². The number of nitrogen functional groups attached to an aromatic ring is 1. The largest absolute Gasteiger partial charge is 0.496 e. The van der Waals surface area contributed by atoms with Crippen LogP contribution in [0.5, 0.6) is 17.4 Å². The van der Waals surface area contributed by atoms with Crippen molar-refractivity contribution < 1.29 is 9.47 Å². The van der Waals surface area contributed by atoms with Gasteiger partial charge in [0.2, 0.25) is 5.88 Å². The summed E-state index contributed by atoms with van der Waals surface area (Å²) >= 11 is 6.93. The normalized spacial score (nSPS) is 10.7. The third kappa shape index (κ3) is 3.35. The van der Waals surface area contributed by atoms with Crippen LogP contribution in [0.4, 0.5) is 5.69 Å². The molecule has 0 bridgehead atoms. The van der Waals surface area contributed by atoms with Crippen LogP contribution < -0.4 is 15.2 Å². The molecule has 0 aliphatic carbocycles. The smallest absolute Gasteiger partial charge is 0.241 e. The molecule has 0 unspecified atom stereocenters. The summed E-state index contributed by atoms with van der Waals surface area (Å²) in [7, 11) is 1.62. The third-order valence-electron chi connectivity index (χ3n) is 2.97. The maximum absolute atomic E-state index is 6.07. The van der Waals surface area contributed by atoms with Gasteiger partial charge in [0.1, 0.15) is 17.2 Å². The Labute approximate surface area is 140 Å². The standard InChI is InChI=1S/C14H17Br2N3O2/c1-4-5-19-14(13(17)8(2)18-19)21-12-7-9(15)11(20-3)6-10(12)16/h6-7H,4-5,17H2,1-3H3. The number of nitrogens with two attached hydrogens (primary N) is 1. The average Bonchev–Trinajstić information content (AvgIpc) is 2.70. The topological polar surface area (TPSA) is 62.3 Å². The van der Waals surface area contributed by atoms with Crippen LogP contribution in [-0.2, 0) is 6.54 Å². The summed E-state index contributed by atoms with van der Waals surface area (Å²) in [6.45, 7) is 4.70. The van der Waals surface area contributed by atoms with E-state index in [1.54, 1.807) is 11.8 Å². The van der Waals surface area contributed by atoms with E-state index in [1.807, 2.05) is 19.1 Å². The fraction of sp³-hybridized carbons (Fsp3) is 0.357. The third-order valence-corrected chi connectivity index (χ3v) is 4.21. The Kier molecular flexibility index (Phi) is 5.16. The zero-order chi connectivity index (χ0) is 15.6. The van der Waals surface area contributed by atoms with Crippen molar-refractivity contribution in [3.63, 3.8) is 0 Å². The van der Waals surface area contributed by atoms with Crippen molar-refractivity contribution in [2.24, 2.45) is 0 Å². The van der Waals surface area contributed by atoms with Crippen LogP contribution >= 0.6 is 31.9 Å². The zero-order valence-electron chi connectivity index (χ0n) is 12.1. The Morgan fingerprint density at radius 3 is 2.48 bits per heavy atom. The Morgan fingerprint density at radius 1 is 1.24 bits per heavy atom. The SMILES string of the molecule is CCCn1nc(C)c(N)c1Oc1cc(Br)c(OC)cc1Br. The number of aryl methyl sites for hydroxylation is 2. The summed E-state index contributed by atoms with van der Waals surface area (Å²) in [5, 5.41) is 4.40. The number of aromatic nitrogens is 2. The fourth-order valence-electron chi connectivity index (χ4n) is 1.89. The van der Waals surface area contributed by atoms with Crippen LogP contribution in [0.3, 0.4) is 0 Å². The van der Waals surface area contributed by atoms with Gasteiger partial charge in [-0.3, -0.25) is 0 Å². The summed E-state index contributed by atoms with van der Waals surface area (Å²) < 4.78 is 14.6. The molecule has 2 aromatic rings. The lowest BCUT2D eigenvalue weighted by molar-refractivity contribution is 0.398. The second-order valence-electron chi connectivity index (χ2n) is 4.55. The van der Waals surface area contributed by atoms with Gasteiger partial charge in [0.15, 0.2) is 0 Å². The molecule has 0 fully saturated rings. The molecule has 21 heavy (non-hydrogen) atoms. The molecule has 0 amide bonds. The summed E-state index contributed by atoms with van der Waals surface area (Å²) in [6, 6.07) is 3.67. The number of hydrogen-bond donors (Lipinski definition) is 1. The first kappa shape index (κ1) is 16.2. The van der Waals surface area contributed by atoms with Crippen LogP contribution in [0, 0.1) is 6.92 Å². The minimum Gasteiger partial charge on any atom is -0.496 e. The van der Waals surface area contributed by atoms with Crippen LogP contribution in [0.2, 0.25) is 0 Å². The van der Waals surface area contributed by atoms with Crippen LogP contribution in [0.15, 0.2) is 21.1 Å². The molecule has 0 radical (unpaired) electrons. The quantitative estimate of drug-likeness (QED) is 0.775. The van der Waals surface area contributed by atoms with E-state index in [0.29, 0.717) is 17.3 Å². The Hall–Kier alpha value is -1.21. The van der Waals surface area contributed by atoms with Crippen molar-refractivity contribution in [2.75, 3.05) is 12.8 Å². The average molecular weight is 419 g/mol. The van der Waals surface area contributed by atoms with E-state index >= 15 is 0 Å². The van der Waals surface area contributed by atoms with Crippen molar-refractivity contribution in [1.29, 1.82) is 0 Å². The van der Waals surface area contributed by atoms with E-state index in [0.717, 1.165) is 33.4 Å². The molecule has 2 rings (SSSR count). The molecule has 0 saturated heterocycles. The zero-order valence-corrected chi connectivity index (χ0v) is 15.3. The van der Waals surface area contributed by atoms with Crippen molar-refractivity contribution >= 4 is 37.5 Å². The summed E-state index contributed by atoms with van der Waals surface area (Å²) in [5.74, 6) is 1.93. The minimum absolute atomic E-state index is 0.558. The Bertz CT molecular complexity index is 656. The van der Waals surface area contributed by atoms with Crippen molar-refractivity contribution in [1.82, 2.24) is 9.78 Å². The molecule has 1 heterocycles. The van der Waals surface area contributed by atoms with E-state index < -0.39 is 0 Å². The fourth-order valence-corrected chi connectivity index (χ4v) is 2.78. The van der Waals surface area contributed by atoms with Gasteiger partial charge in [0.05, 0.1) is 21.7 Å². The number of anilines is 1. The highest BCUT2D eigenvalue weighted by Gasteiger charge is 2.17. The van der Waals surface area contributed by atoms with Gasteiger partial charge in [-0.25, -0.2) is 4.68 Å². The first-order chi connectivity index (χ1) is 9.97. The number of methoxy groups -OCH3 is 1. The highest BCUT2D eigenvalue weighted by molar-refractivity contribution is 9.11. The summed E-state index contributed by atoms with van der Waals surface area (Å²) in [4.78, 5) is 0. The van der Waals surface area contributed by atoms with E-state index in [-0.39, 0.29) is 0 Å². The predicted molar refractivity (Wildman–Crippen MR) is 90.1 cm³/mol. The lowest BCUT2D eigenvalue weighted by Crippen LogP contribution is -2.03. The number of hydrogen-bond acceptors (Lipinski definition) is 4. The summed E-state index contributed by atoms with van der Waals surface area (Å²) in [5.41, 5.74) is 7.39. The van der Waals surface area contributed by atoms with Gasteiger partial charge < -0.3 is 15.2 Å². The van der Waals surface area contributed by atoms with Gasteiger partial charge in [0.25, 0.3) is 0 Å². The maximum atomic E-state index is 6.07. The monoisotopic (exact) mass is 417 g/mol. The van der Waals surface area contributed by atoms with Gasteiger partial charge in [0, 0.05) is 6.54 Å². The van der Waals surface area contributed by atoms with Crippen molar-refractivity contribution in [3.8, 4) is 17.4 Å². The molecular formula is C14H17Br2N3O2. The van der Waals surface area contributed by atoms with Gasteiger partial charge in [-0.1, -0.05) is 6.92 Å².